The molecule has 2 aromatic carbocycles. The van der Waals surface area contributed by atoms with Crippen molar-refractivity contribution in [1.29, 1.82) is 0 Å². The second-order valence-corrected chi connectivity index (χ2v) is 9.80. The summed E-state index contributed by atoms with van der Waals surface area (Å²) in [5.41, 5.74) is 3.69. The highest BCUT2D eigenvalue weighted by molar-refractivity contribution is 9.10. The highest BCUT2D eigenvalue weighted by atomic mass is 79.9. The van der Waals surface area contributed by atoms with Gasteiger partial charge >= 0.3 is 12.1 Å². The van der Waals surface area contributed by atoms with Crippen LogP contribution in [-0.4, -0.2) is 53.4 Å². The molecule has 1 amide bonds. The first-order valence-corrected chi connectivity index (χ1v) is 12.2. The summed E-state index contributed by atoms with van der Waals surface area (Å²) in [4.78, 5) is 30.1. The number of aliphatic carboxylic acids is 1. The van der Waals surface area contributed by atoms with Crippen LogP contribution in [0.1, 0.15) is 28.5 Å². The number of carbonyl (C=O) groups is 2. The van der Waals surface area contributed by atoms with Gasteiger partial charge in [0, 0.05) is 24.3 Å². The van der Waals surface area contributed by atoms with Crippen LogP contribution in [0.4, 0.5) is 4.79 Å². The molecule has 1 saturated heterocycles. The summed E-state index contributed by atoms with van der Waals surface area (Å²) >= 11 is 4.71. The predicted octanol–water partition coefficient (Wildman–Crippen LogP) is 4.86. The normalized spacial score (nSPS) is 19.4. The molecule has 0 radical (unpaired) electrons. The SMILES string of the molecule is O=C(O)COC1(c2nc(Br)cs2)CCN(C(=O)OCC2c3ccccc3-c3ccccc32)C1. The molecule has 1 aliphatic carbocycles. The van der Waals surface area contributed by atoms with Crippen LogP contribution in [0, 0.1) is 0 Å². The fourth-order valence-corrected chi connectivity index (χ4v) is 6.07. The van der Waals surface area contributed by atoms with Crippen molar-refractivity contribution in [2.45, 2.75) is 17.9 Å². The Morgan fingerprint density at radius 2 is 1.82 bits per heavy atom. The maximum absolute atomic E-state index is 13.0. The van der Waals surface area contributed by atoms with Crippen LogP contribution < -0.4 is 0 Å². The minimum atomic E-state index is -1.07. The topological polar surface area (TPSA) is 89.0 Å². The first-order valence-electron chi connectivity index (χ1n) is 10.5. The van der Waals surface area contributed by atoms with Crippen LogP contribution in [0.3, 0.4) is 0 Å². The lowest BCUT2D eigenvalue weighted by atomic mass is 9.98. The lowest BCUT2D eigenvalue weighted by Crippen LogP contribution is -2.38. The number of fused-ring (bicyclic) bond motifs is 3. The third kappa shape index (κ3) is 4.16. The molecule has 170 valence electrons. The number of hydrogen-bond donors (Lipinski definition) is 1. The molecule has 1 fully saturated rings. The third-order valence-electron chi connectivity index (χ3n) is 6.16. The van der Waals surface area contributed by atoms with Crippen molar-refractivity contribution in [2.24, 2.45) is 0 Å². The van der Waals surface area contributed by atoms with Gasteiger partial charge in [-0.3, -0.25) is 0 Å². The van der Waals surface area contributed by atoms with Crippen molar-refractivity contribution < 1.29 is 24.2 Å². The molecule has 1 aromatic heterocycles. The zero-order chi connectivity index (χ0) is 23.0. The van der Waals surface area contributed by atoms with Gasteiger partial charge in [0.2, 0.25) is 0 Å². The van der Waals surface area contributed by atoms with E-state index in [0.29, 0.717) is 22.6 Å². The quantitative estimate of drug-likeness (QED) is 0.491. The lowest BCUT2D eigenvalue weighted by molar-refractivity contribution is -0.149. The molecule has 1 unspecified atom stereocenters. The molecular weight excluding hydrogens is 508 g/mol. The van der Waals surface area contributed by atoms with E-state index in [1.165, 1.54) is 22.5 Å². The van der Waals surface area contributed by atoms with E-state index >= 15 is 0 Å². The monoisotopic (exact) mass is 528 g/mol. The van der Waals surface area contributed by atoms with Gasteiger partial charge < -0.3 is 19.5 Å². The highest BCUT2D eigenvalue weighted by Crippen LogP contribution is 2.45. The van der Waals surface area contributed by atoms with Crippen molar-refractivity contribution in [3.63, 3.8) is 0 Å². The second-order valence-electron chi connectivity index (χ2n) is 8.13. The van der Waals surface area contributed by atoms with E-state index in [1.807, 2.05) is 29.6 Å². The molecule has 33 heavy (non-hydrogen) atoms. The number of carbonyl (C=O) groups excluding carboxylic acids is 1. The number of carboxylic acid groups (broad SMARTS) is 1. The average molecular weight is 529 g/mol. The zero-order valence-corrected chi connectivity index (χ0v) is 20.0. The van der Waals surface area contributed by atoms with Crippen LogP contribution >= 0.6 is 27.3 Å². The molecule has 0 saturated carbocycles. The molecule has 1 aliphatic heterocycles. The van der Waals surface area contributed by atoms with Gasteiger partial charge in [0.05, 0.1) is 6.54 Å². The number of aromatic nitrogens is 1. The van der Waals surface area contributed by atoms with E-state index in [0.717, 1.165) is 11.1 Å². The predicted molar refractivity (Wildman–Crippen MR) is 126 cm³/mol. The van der Waals surface area contributed by atoms with E-state index < -0.39 is 24.3 Å². The molecule has 2 heterocycles. The summed E-state index contributed by atoms with van der Waals surface area (Å²) in [6, 6.07) is 16.4. The number of benzene rings is 2. The van der Waals surface area contributed by atoms with Crippen molar-refractivity contribution in [1.82, 2.24) is 9.88 Å². The van der Waals surface area contributed by atoms with Crippen molar-refractivity contribution in [2.75, 3.05) is 26.3 Å². The smallest absolute Gasteiger partial charge is 0.409 e. The fraction of sp³-hybridized carbons (Fsp3) is 0.292. The maximum Gasteiger partial charge on any atom is 0.409 e. The standard InChI is InChI=1S/C24H21BrN2O5S/c25-20-13-33-22(26-20)24(32-12-21(28)29)9-10-27(14-24)23(30)31-11-19-17-7-3-1-5-15(17)16-6-2-4-8-18(16)19/h1-8,13,19H,9-12,14H2,(H,28,29). The van der Waals surface area contributed by atoms with Crippen LogP contribution in [0.15, 0.2) is 58.5 Å². The van der Waals surface area contributed by atoms with Crippen LogP contribution in [0.5, 0.6) is 0 Å². The molecule has 9 heteroatoms. The van der Waals surface area contributed by atoms with E-state index in [1.54, 1.807) is 4.90 Å². The molecular formula is C24H21BrN2O5S. The van der Waals surface area contributed by atoms with Gasteiger partial charge in [-0.25, -0.2) is 14.6 Å². The van der Waals surface area contributed by atoms with Gasteiger partial charge in [-0.2, -0.15) is 0 Å². The van der Waals surface area contributed by atoms with Crippen LogP contribution in [-0.2, 0) is 19.9 Å². The summed E-state index contributed by atoms with van der Waals surface area (Å²) in [5, 5.41) is 11.6. The number of thiazole rings is 1. The Morgan fingerprint density at radius 3 is 2.42 bits per heavy atom. The number of carboxylic acids is 1. The minimum absolute atomic E-state index is 0.0214. The largest absolute Gasteiger partial charge is 0.480 e. The van der Waals surface area contributed by atoms with Gasteiger partial charge in [-0.05, 0) is 38.2 Å². The van der Waals surface area contributed by atoms with Crippen molar-refractivity contribution >= 4 is 39.3 Å². The summed E-state index contributed by atoms with van der Waals surface area (Å²) in [5.74, 6) is -1.09. The first kappa shape index (κ1) is 22.1. The zero-order valence-electron chi connectivity index (χ0n) is 17.6. The highest BCUT2D eigenvalue weighted by Gasteiger charge is 2.46. The Bertz CT molecular complexity index is 1170. The number of ether oxygens (including phenoxy) is 2. The third-order valence-corrected chi connectivity index (χ3v) is 7.90. The number of rotatable bonds is 6. The van der Waals surface area contributed by atoms with E-state index in [9.17, 15) is 9.59 Å². The van der Waals surface area contributed by atoms with Gasteiger partial charge in [0.25, 0.3) is 0 Å². The molecule has 0 spiro atoms. The Balaban J connectivity index is 1.30. The maximum atomic E-state index is 13.0. The molecule has 3 aromatic rings. The molecule has 0 bridgehead atoms. The molecule has 1 atom stereocenters. The van der Waals surface area contributed by atoms with E-state index in [-0.39, 0.29) is 19.1 Å². The first-order chi connectivity index (χ1) is 16.0. The summed E-state index contributed by atoms with van der Waals surface area (Å²) in [7, 11) is 0. The van der Waals surface area contributed by atoms with Crippen LogP contribution in [0.2, 0.25) is 0 Å². The van der Waals surface area contributed by atoms with Gasteiger partial charge in [0.15, 0.2) is 0 Å². The van der Waals surface area contributed by atoms with Crippen LogP contribution in [0.25, 0.3) is 11.1 Å². The van der Waals surface area contributed by atoms with Gasteiger partial charge in [-0.1, -0.05) is 48.5 Å². The second kappa shape index (κ2) is 8.89. The van der Waals surface area contributed by atoms with Crippen molar-refractivity contribution in [3.8, 4) is 11.1 Å². The van der Waals surface area contributed by atoms with Crippen molar-refractivity contribution in [3.05, 3.63) is 74.6 Å². The summed E-state index contributed by atoms with van der Waals surface area (Å²) in [6.45, 7) is 0.356. The Labute approximate surface area is 203 Å². The number of halogens is 1. The number of nitrogens with zero attached hydrogens (tertiary/aromatic N) is 2. The van der Waals surface area contributed by atoms with Gasteiger partial charge in [-0.15, -0.1) is 11.3 Å². The number of amides is 1. The Kier molecular flexibility index (Phi) is 5.94. The summed E-state index contributed by atoms with van der Waals surface area (Å²) in [6.07, 6.45) is 0.0121. The molecule has 1 N–H and O–H groups in total. The number of likely N-dealkylation sites (tertiary alicyclic amines) is 1. The molecule has 7 nitrogen and oxygen atoms in total. The average Bonchev–Trinajstić information content (AvgIpc) is 3.53. The molecule has 5 rings (SSSR count). The lowest BCUT2D eigenvalue weighted by Gasteiger charge is -2.27. The van der Waals surface area contributed by atoms with E-state index in [2.05, 4.69) is 45.2 Å². The van der Waals surface area contributed by atoms with Gasteiger partial charge in [0.1, 0.15) is 28.4 Å². The van der Waals surface area contributed by atoms with E-state index in [4.69, 9.17) is 14.6 Å². The Morgan fingerprint density at radius 1 is 1.15 bits per heavy atom. The molecule has 2 aliphatic rings. The fourth-order valence-electron chi connectivity index (χ4n) is 4.64. The Hall–Kier alpha value is -2.75. The number of hydrogen-bond acceptors (Lipinski definition) is 6. The minimum Gasteiger partial charge on any atom is -0.480 e. The summed E-state index contributed by atoms with van der Waals surface area (Å²) < 4.78 is 12.2.